The van der Waals surface area contributed by atoms with Crippen molar-refractivity contribution in [3.63, 3.8) is 0 Å². The molecule has 1 heterocycles. The Morgan fingerprint density at radius 1 is 1.00 bits per heavy atom. The lowest BCUT2D eigenvalue weighted by atomic mass is 9.95. The molecule has 1 unspecified atom stereocenters. The van der Waals surface area contributed by atoms with Crippen LogP contribution in [0.15, 0.2) is 71.0 Å². The maximum atomic E-state index is 5.85. The molecule has 28 heavy (non-hydrogen) atoms. The van der Waals surface area contributed by atoms with Crippen LogP contribution in [0.1, 0.15) is 18.1 Å². The predicted molar refractivity (Wildman–Crippen MR) is 109 cm³/mol. The zero-order valence-electron chi connectivity index (χ0n) is 15.6. The summed E-state index contributed by atoms with van der Waals surface area (Å²) in [4.78, 5) is 7.84. The highest BCUT2D eigenvalue weighted by molar-refractivity contribution is 5.53. The van der Waals surface area contributed by atoms with Crippen molar-refractivity contribution < 1.29 is 4.74 Å². The van der Waals surface area contributed by atoms with Crippen molar-refractivity contribution in [3.05, 3.63) is 71.9 Å². The van der Waals surface area contributed by atoms with Gasteiger partial charge in [0.15, 0.2) is 5.60 Å². The summed E-state index contributed by atoms with van der Waals surface area (Å²) < 4.78 is 5.67. The van der Waals surface area contributed by atoms with Crippen LogP contribution in [-0.2, 0) is 10.3 Å². The third-order valence-electron chi connectivity index (χ3n) is 4.11. The highest BCUT2D eigenvalue weighted by Gasteiger charge is 2.24. The van der Waals surface area contributed by atoms with Crippen molar-refractivity contribution in [1.82, 2.24) is 9.97 Å². The second kappa shape index (κ2) is 8.29. The van der Waals surface area contributed by atoms with Crippen molar-refractivity contribution in [3.8, 4) is 11.8 Å². The van der Waals surface area contributed by atoms with Crippen LogP contribution < -0.4 is 11.5 Å². The molecule has 0 amide bonds. The Morgan fingerprint density at radius 2 is 1.71 bits per heavy atom. The molecular formula is C21H20N6O. The molecule has 0 fully saturated rings. The van der Waals surface area contributed by atoms with Gasteiger partial charge >= 0.3 is 0 Å². The summed E-state index contributed by atoms with van der Waals surface area (Å²) in [6.45, 7) is 1.86. The van der Waals surface area contributed by atoms with E-state index in [1.54, 1.807) is 7.11 Å². The van der Waals surface area contributed by atoms with E-state index in [-0.39, 0.29) is 11.8 Å². The summed E-state index contributed by atoms with van der Waals surface area (Å²) >= 11 is 0. The first-order valence-corrected chi connectivity index (χ1v) is 8.54. The number of hydrogen-bond donors (Lipinski definition) is 2. The van der Waals surface area contributed by atoms with Gasteiger partial charge in [0, 0.05) is 7.11 Å². The molecule has 0 radical (unpaired) electrons. The van der Waals surface area contributed by atoms with Crippen LogP contribution in [0, 0.1) is 11.8 Å². The van der Waals surface area contributed by atoms with Crippen LogP contribution in [0.3, 0.4) is 0 Å². The SMILES string of the molecule is COC(C)(C#Cc1cnc(N)nc1N)c1cccc(N=Nc2ccccc2)c1. The quantitative estimate of drug-likeness (QED) is 0.531. The van der Waals surface area contributed by atoms with Crippen LogP contribution in [0.25, 0.3) is 0 Å². The van der Waals surface area contributed by atoms with Gasteiger partial charge in [0.1, 0.15) is 5.82 Å². The van der Waals surface area contributed by atoms with Crippen LogP contribution in [0.5, 0.6) is 0 Å². The maximum Gasteiger partial charge on any atom is 0.221 e. The second-order valence-corrected chi connectivity index (χ2v) is 6.10. The Bertz CT molecular complexity index is 1060. The normalized spacial score (nSPS) is 12.9. The zero-order chi connectivity index (χ0) is 20.0. The number of methoxy groups -OCH3 is 1. The third kappa shape index (κ3) is 4.50. The van der Waals surface area contributed by atoms with E-state index in [0.717, 1.165) is 11.3 Å². The zero-order valence-corrected chi connectivity index (χ0v) is 15.6. The lowest BCUT2D eigenvalue weighted by molar-refractivity contribution is 0.0552. The van der Waals surface area contributed by atoms with E-state index in [2.05, 4.69) is 32.0 Å². The number of azo groups is 1. The Labute approximate surface area is 163 Å². The molecule has 0 saturated heterocycles. The number of hydrogen-bond acceptors (Lipinski definition) is 7. The molecule has 140 valence electrons. The topological polar surface area (TPSA) is 112 Å². The van der Waals surface area contributed by atoms with Gasteiger partial charge in [-0.3, -0.25) is 0 Å². The van der Waals surface area contributed by atoms with Gasteiger partial charge in [0.25, 0.3) is 0 Å². The molecule has 3 rings (SSSR count). The molecule has 0 aliphatic rings. The average Bonchev–Trinajstić information content (AvgIpc) is 2.72. The average molecular weight is 372 g/mol. The van der Waals surface area contributed by atoms with Gasteiger partial charge in [-0.05, 0) is 36.8 Å². The fraction of sp³-hybridized carbons (Fsp3) is 0.143. The number of nitrogen functional groups attached to an aromatic ring is 2. The Morgan fingerprint density at radius 3 is 2.43 bits per heavy atom. The molecule has 3 aromatic rings. The van der Waals surface area contributed by atoms with Gasteiger partial charge in [0.2, 0.25) is 5.95 Å². The first-order valence-electron chi connectivity index (χ1n) is 8.54. The van der Waals surface area contributed by atoms with E-state index in [1.165, 1.54) is 6.20 Å². The molecule has 0 bridgehead atoms. The van der Waals surface area contributed by atoms with E-state index in [4.69, 9.17) is 16.2 Å². The van der Waals surface area contributed by atoms with Crippen molar-refractivity contribution in [2.75, 3.05) is 18.6 Å². The number of nitrogens with zero attached hydrogens (tertiary/aromatic N) is 4. The Hall–Kier alpha value is -3.76. The van der Waals surface area contributed by atoms with E-state index >= 15 is 0 Å². The minimum Gasteiger partial charge on any atom is -0.382 e. The molecule has 1 atom stereocenters. The molecule has 0 saturated carbocycles. The van der Waals surface area contributed by atoms with Crippen molar-refractivity contribution in [1.29, 1.82) is 0 Å². The van der Waals surface area contributed by atoms with E-state index < -0.39 is 5.60 Å². The molecular weight excluding hydrogens is 352 g/mol. The summed E-state index contributed by atoms with van der Waals surface area (Å²) in [5.74, 6) is 6.40. The summed E-state index contributed by atoms with van der Waals surface area (Å²) in [5.41, 5.74) is 13.3. The van der Waals surface area contributed by atoms with Gasteiger partial charge < -0.3 is 16.2 Å². The molecule has 2 aromatic carbocycles. The Balaban J connectivity index is 1.90. The smallest absolute Gasteiger partial charge is 0.221 e. The maximum absolute atomic E-state index is 5.85. The van der Waals surface area contributed by atoms with Crippen molar-refractivity contribution in [2.24, 2.45) is 10.2 Å². The van der Waals surface area contributed by atoms with Crippen LogP contribution in [-0.4, -0.2) is 17.1 Å². The minimum absolute atomic E-state index is 0.106. The lowest BCUT2D eigenvalue weighted by Gasteiger charge is -2.22. The Kier molecular flexibility index (Phi) is 5.63. The van der Waals surface area contributed by atoms with E-state index in [9.17, 15) is 0 Å². The largest absolute Gasteiger partial charge is 0.382 e. The molecule has 0 aliphatic carbocycles. The first kappa shape index (κ1) is 19.0. The van der Waals surface area contributed by atoms with Crippen LogP contribution in [0.4, 0.5) is 23.1 Å². The summed E-state index contributed by atoms with van der Waals surface area (Å²) in [6, 6.07) is 17.1. The van der Waals surface area contributed by atoms with Crippen molar-refractivity contribution in [2.45, 2.75) is 12.5 Å². The van der Waals surface area contributed by atoms with Gasteiger partial charge in [-0.2, -0.15) is 15.2 Å². The van der Waals surface area contributed by atoms with Gasteiger partial charge in [-0.15, -0.1) is 0 Å². The molecule has 0 aliphatic heterocycles. The number of anilines is 2. The monoisotopic (exact) mass is 372 g/mol. The van der Waals surface area contributed by atoms with E-state index in [0.29, 0.717) is 11.3 Å². The van der Waals surface area contributed by atoms with Crippen molar-refractivity contribution >= 4 is 23.1 Å². The fourth-order valence-electron chi connectivity index (χ4n) is 2.41. The summed E-state index contributed by atoms with van der Waals surface area (Å²) in [6.07, 6.45) is 1.49. The summed E-state index contributed by atoms with van der Waals surface area (Å²) in [5, 5.41) is 8.54. The lowest BCUT2D eigenvalue weighted by Crippen LogP contribution is -2.22. The van der Waals surface area contributed by atoms with Gasteiger partial charge in [-0.25, -0.2) is 4.98 Å². The second-order valence-electron chi connectivity index (χ2n) is 6.10. The molecule has 7 heteroatoms. The molecule has 7 nitrogen and oxygen atoms in total. The molecule has 1 aromatic heterocycles. The standard InChI is InChI=1S/C21H20N6O/c1-21(28-2,12-11-15-14-24-20(23)25-19(15)22)16-7-6-10-18(13-16)27-26-17-8-4-3-5-9-17/h3-10,13-14H,1-2H3,(H4,22,23,24,25). The molecule has 4 N–H and O–H groups in total. The highest BCUT2D eigenvalue weighted by atomic mass is 16.5. The van der Waals surface area contributed by atoms with Gasteiger partial charge in [-0.1, -0.05) is 42.2 Å². The third-order valence-corrected chi connectivity index (χ3v) is 4.11. The van der Waals surface area contributed by atoms with Crippen LogP contribution >= 0.6 is 0 Å². The number of aromatic nitrogens is 2. The number of ether oxygens (including phenoxy) is 1. The van der Waals surface area contributed by atoms with Gasteiger partial charge in [0.05, 0.1) is 23.1 Å². The number of nitrogens with two attached hydrogens (primary N) is 2. The molecule has 0 spiro atoms. The fourth-order valence-corrected chi connectivity index (χ4v) is 2.41. The minimum atomic E-state index is -0.883. The summed E-state index contributed by atoms with van der Waals surface area (Å²) in [7, 11) is 1.59. The number of rotatable bonds is 4. The predicted octanol–water partition coefficient (Wildman–Crippen LogP) is 3.97. The first-order chi connectivity index (χ1) is 13.5. The van der Waals surface area contributed by atoms with E-state index in [1.807, 2.05) is 61.5 Å². The number of benzene rings is 2. The highest BCUT2D eigenvalue weighted by Crippen LogP contribution is 2.28. The van der Waals surface area contributed by atoms with Crippen LogP contribution in [0.2, 0.25) is 0 Å².